The fourth-order valence-corrected chi connectivity index (χ4v) is 4.78. The van der Waals surface area contributed by atoms with Gasteiger partial charge in [-0.05, 0) is 50.2 Å². The molecule has 222 valence electrons. The lowest BCUT2D eigenvalue weighted by atomic mass is 10.2. The molecule has 5 rings (SSSR count). The topological polar surface area (TPSA) is 87.5 Å². The lowest BCUT2D eigenvalue weighted by Crippen LogP contribution is -2.50. The van der Waals surface area contributed by atoms with E-state index in [9.17, 15) is 22.4 Å². The summed E-state index contributed by atoms with van der Waals surface area (Å²) in [5, 5.41) is 5.48. The number of nitrogens with one attached hydrogen (secondary N) is 2. The molecule has 2 N–H and O–H groups in total. The number of aromatic nitrogens is 3. The van der Waals surface area contributed by atoms with Gasteiger partial charge in [0.1, 0.15) is 23.1 Å². The number of amides is 1. The predicted molar refractivity (Wildman–Crippen MR) is 151 cm³/mol. The molecule has 3 heterocycles. The standard InChI is InChI=1S/C29H31F4N7O2/c1-18(2)40-12-10-39(11-13-40)17-27(41)37-26-16-21(8-9-34-26)42-20-5-7-25-24(15-20)36-28(38(25)3)35-23-14-19(29(31,32)33)4-6-22(23)30/h4-9,14-16,18H,10-13,17H2,1-3H3,(H,35,36)(H,34,37,41). The molecule has 1 aliphatic heterocycles. The summed E-state index contributed by atoms with van der Waals surface area (Å²) in [6.07, 6.45) is -3.08. The van der Waals surface area contributed by atoms with Crippen LogP contribution < -0.4 is 15.4 Å². The lowest BCUT2D eigenvalue weighted by Gasteiger charge is -2.36. The van der Waals surface area contributed by atoms with Gasteiger partial charge >= 0.3 is 6.18 Å². The Morgan fingerprint density at radius 2 is 1.76 bits per heavy atom. The molecule has 13 heteroatoms. The first-order valence-corrected chi connectivity index (χ1v) is 13.5. The third-order valence-corrected chi connectivity index (χ3v) is 7.13. The van der Waals surface area contributed by atoms with Gasteiger partial charge in [0.25, 0.3) is 0 Å². The number of alkyl halides is 3. The summed E-state index contributed by atoms with van der Waals surface area (Å²) in [6, 6.07) is 11.0. The highest BCUT2D eigenvalue weighted by Crippen LogP contribution is 2.34. The molecule has 1 amide bonds. The van der Waals surface area contributed by atoms with Gasteiger partial charge in [-0.25, -0.2) is 14.4 Å². The van der Waals surface area contributed by atoms with Crippen LogP contribution in [0.2, 0.25) is 0 Å². The van der Waals surface area contributed by atoms with Crippen LogP contribution in [-0.2, 0) is 18.0 Å². The van der Waals surface area contributed by atoms with Crippen molar-refractivity contribution in [3.8, 4) is 11.5 Å². The smallest absolute Gasteiger partial charge is 0.416 e. The average molecular weight is 586 g/mol. The Morgan fingerprint density at radius 1 is 1.02 bits per heavy atom. The van der Waals surface area contributed by atoms with Crippen LogP contribution in [-0.4, -0.2) is 69.0 Å². The number of fused-ring (bicyclic) bond motifs is 1. The van der Waals surface area contributed by atoms with Crippen molar-refractivity contribution < 1.29 is 27.1 Å². The van der Waals surface area contributed by atoms with E-state index in [2.05, 4.69) is 44.2 Å². The minimum Gasteiger partial charge on any atom is -0.457 e. The molecular formula is C29H31F4N7O2. The number of imidazole rings is 1. The fraction of sp³-hybridized carbons (Fsp3) is 0.345. The van der Waals surface area contributed by atoms with Gasteiger partial charge in [0.15, 0.2) is 0 Å². The largest absolute Gasteiger partial charge is 0.457 e. The van der Waals surface area contributed by atoms with Gasteiger partial charge in [0.2, 0.25) is 11.9 Å². The number of carbonyl (C=O) groups excluding carboxylic acids is 1. The average Bonchev–Trinajstić information content (AvgIpc) is 3.23. The lowest BCUT2D eigenvalue weighted by molar-refractivity contribution is -0.137. The fourth-order valence-electron chi connectivity index (χ4n) is 4.78. The van der Waals surface area contributed by atoms with E-state index in [1.807, 2.05) is 0 Å². The number of benzene rings is 2. The third kappa shape index (κ3) is 6.80. The van der Waals surface area contributed by atoms with Crippen molar-refractivity contribution in [2.24, 2.45) is 7.05 Å². The van der Waals surface area contributed by atoms with Crippen LogP contribution in [0.1, 0.15) is 19.4 Å². The van der Waals surface area contributed by atoms with E-state index < -0.39 is 17.6 Å². The Bertz CT molecular complexity index is 1580. The van der Waals surface area contributed by atoms with Crippen molar-refractivity contribution in [2.45, 2.75) is 26.1 Å². The van der Waals surface area contributed by atoms with Crippen molar-refractivity contribution in [2.75, 3.05) is 43.4 Å². The minimum atomic E-state index is -4.61. The van der Waals surface area contributed by atoms with Crippen LogP contribution in [0.25, 0.3) is 11.0 Å². The zero-order valence-corrected chi connectivity index (χ0v) is 23.4. The number of rotatable bonds is 8. The summed E-state index contributed by atoms with van der Waals surface area (Å²) in [6.45, 7) is 8.10. The molecule has 0 atom stereocenters. The molecule has 2 aromatic carbocycles. The maximum atomic E-state index is 14.3. The van der Waals surface area contributed by atoms with Gasteiger partial charge in [-0.15, -0.1) is 0 Å². The van der Waals surface area contributed by atoms with Gasteiger partial charge in [-0.3, -0.25) is 14.6 Å². The van der Waals surface area contributed by atoms with Crippen LogP contribution in [0.3, 0.4) is 0 Å². The van der Waals surface area contributed by atoms with Gasteiger partial charge < -0.3 is 19.9 Å². The molecule has 42 heavy (non-hydrogen) atoms. The monoisotopic (exact) mass is 585 g/mol. The summed E-state index contributed by atoms with van der Waals surface area (Å²) in [4.78, 5) is 25.8. The first-order chi connectivity index (χ1) is 20.0. The number of carbonyl (C=O) groups is 1. The van der Waals surface area contributed by atoms with Crippen LogP contribution in [0, 0.1) is 5.82 Å². The third-order valence-electron chi connectivity index (χ3n) is 7.13. The quantitative estimate of drug-likeness (QED) is 0.259. The second-order valence-corrected chi connectivity index (χ2v) is 10.4. The molecule has 9 nitrogen and oxygen atoms in total. The molecule has 1 fully saturated rings. The maximum Gasteiger partial charge on any atom is 0.416 e. The van der Waals surface area contributed by atoms with E-state index in [1.165, 1.54) is 6.20 Å². The highest BCUT2D eigenvalue weighted by molar-refractivity contribution is 5.91. The van der Waals surface area contributed by atoms with E-state index in [4.69, 9.17) is 4.74 Å². The Kier molecular flexibility index (Phi) is 8.32. The molecular weight excluding hydrogens is 554 g/mol. The summed E-state index contributed by atoms with van der Waals surface area (Å²) >= 11 is 0. The Hall–Kier alpha value is -4.23. The molecule has 1 aliphatic rings. The van der Waals surface area contributed by atoms with Crippen molar-refractivity contribution >= 4 is 34.4 Å². The maximum absolute atomic E-state index is 14.3. The summed E-state index contributed by atoms with van der Waals surface area (Å²) in [7, 11) is 1.66. The number of ether oxygens (including phenoxy) is 1. The number of anilines is 3. The number of halogens is 4. The number of pyridine rings is 1. The normalized spacial score (nSPS) is 14.9. The van der Waals surface area contributed by atoms with E-state index in [0.29, 0.717) is 46.5 Å². The van der Waals surface area contributed by atoms with E-state index >= 15 is 0 Å². The summed E-state index contributed by atoms with van der Waals surface area (Å²) < 4.78 is 61.2. The minimum absolute atomic E-state index is 0.153. The number of aryl methyl sites for hydroxylation is 1. The molecule has 0 bridgehead atoms. The van der Waals surface area contributed by atoms with Gasteiger partial charge in [-0.2, -0.15) is 13.2 Å². The molecule has 0 radical (unpaired) electrons. The second-order valence-electron chi connectivity index (χ2n) is 10.4. The first kappa shape index (κ1) is 29.3. The summed E-state index contributed by atoms with van der Waals surface area (Å²) in [5.41, 5.74) is -0.193. The Balaban J connectivity index is 1.24. The van der Waals surface area contributed by atoms with E-state index in [1.54, 1.807) is 41.9 Å². The summed E-state index contributed by atoms with van der Waals surface area (Å²) in [5.74, 6) is 0.374. The van der Waals surface area contributed by atoms with Gasteiger partial charge in [0, 0.05) is 57.6 Å². The highest BCUT2D eigenvalue weighted by Gasteiger charge is 2.31. The number of hydrogen-bond acceptors (Lipinski definition) is 7. The molecule has 2 aromatic heterocycles. The van der Waals surface area contributed by atoms with E-state index in [-0.39, 0.29) is 24.1 Å². The van der Waals surface area contributed by atoms with E-state index in [0.717, 1.165) is 32.2 Å². The number of hydrogen-bond donors (Lipinski definition) is 2. The van der Waals surface area contributed by atoms with Crippen molar-refractivity contribution in [1.29, 1.82) is 0 Å². The van der Waals surface area contributed by atoms with Crippen LogP contribution >= 0.6 is 0 Å². The molecule has 0 unspecified atom stereocenters. The Morgan fingerprint density at radius 3 is 2.48 bits per heavy atom. The first-order valence-electron chi connectivity index (χ1n) is 13.5. The van der Waals surface area contributed by atoms with Crippen molar-refractivity contribution in [3.63, 3.8) is 0 Å². The number of nitrogens with zero attached hydrogens (tertiary/aromatic N) is 5. The van der Waals surface area contributed by atoms with Crippen molar-refractivity contribution in [3.05, 3.63) is 66.1 Å². The second kappa shape index (κ2) is 11.9. The Labute approximate surface area is 240 Å². The molecule has 0 aliphatic carbocycles. The molecule has 4 aromatic rings. The zero-order valence-electron chi connectivity index (χ0n) is 23.4. The van der Waals surface area contributed by atoms with Crippen LogP contribution in [0.5, 0.6) is 11.5 Å². The highest BCUT2D eigenvalue weighted by atomic mass is 19.4. The zero-order chi connectivity index (χ0) is 30.0. The van der Waals surface area contributed by atoms with Gasteiger partial charge in [-0.1, -0.05) is 0 Å². The van der Waals surface area contributed by atoms with Crippen LogP contribution in [0.15, 0.2) is 54.7 Å². The molecule has 0 spiro atoms. The number of piperazine rings is 1. The van der Waals surface area contributed by atoms with Gasteiger partial charge in [0.05, 0.1) is 28.8 Å². The molecule has 0 saturated carbocycles. The molecule has 1 saturated heterocycles. The predicted octanol–water partition coefficient (Wildman–Crippen LogP) is 5.63. The SMILES string of the molecule is CC(C)N1CCN(CC(=O)Nc2cc(Oc3ccc4c(c3)nc(Nc3cc(C(F)(F)F)ccc3F)n4C)ccn2)CC1. The van der Waals surface area contributed by atoms with Crippen LogP contribution in [0.4, 0.5) is 35.0 Å². The van der Waals surface area contributed by atoms with Crippen molar-refractivity contribution in [1.82, 2.24) is 24.3 Å².